The van der Waals surface area contributed by atoms with Crippen molar-refractivity contribution in [2.45, 2.75) is 31.7 Å². The Morgan fingerprint density at radius 1 is 1.33 bits per heavy atom. The minimum absolute atomic E-state index is 0.0257. The second kappa shape index (κ2) is 7.53. The summed E-state index contributed by atoms with van der Waals surface area (Å²) in [7, 11) is 1.62. The van der Waals surface area contributed by atoms with E-state index < -0.39 is 0 Å². The van der Waals surface area contributed by atoms with E-state index in [2.05, 4.69) is 5.32 Å². The maximum Gasteiger partial charge on any atom is 0.228 e. The first-order valence-corrected chi connectivity index (χ1v) is 8.32. The van der Waals surface area contributed by atoms with Crippen LogP contribution in [0.1, 0.15) is 42.4 Å². The number of carbonyl (C=O) groups excluding carboxylic acids is 1. The normalized spacial score (nSPS) is 17.7. The zero-order valence-corrected chi connectivity index (χ0v) is 14.1. The van der Waals surface area contributed by atoms with Crippen molar-refractivity contribution in [2.24, 2.45) is 0 Å². The maximum absolute atomic E-state index is 12.8. The molecule has 1 amide bonds. The molecule has 1 aliphatic heterocycles. The van der Waals surface area contributed by atoms with E-state index in [9.17, 15) is 4.79 Å². The number of furan rings is 1. The van der Waals surface area contributed by atoms with Crippen molar-refractivity contribution in [1.29, 1.82) is 0 Å². The van der Waals surface area contributed by atoms with Gasteiger partial charge in [0.05, 0.1) is 19.1 Å². The number of nitrogens with one attached hydrogen (secondary N) is 1. The molecule has 2 aromatic rings. The SMILES string of the molecule is CCc1ccc([C@@H](COC)NC(=O)[C@@H]2CCOc3ccccc32)o1. The number of carbonyl (C=O) groups is 1. The molecule has 0 saturated carbocycles. The van der Waals surface area contributed by atoms with Crippen molar-refractivity contribution in [3.8, 4) is 5.75 Å². The second-order valence-electron chi connectivity index (χ2n) is 5.90. The number of benzene rings is 1. The number of hydrogen-bond donors (Lipinski definition) is 1. The molecule has 2 heterocycles. The standard InChI is InChI=1S/C19H23NO4/c1-3-13-8-9-18(24-13)16(12-22-2)20-19(21)15-10-11-23-17-7-5-4-6-14(15)17/h4-9,15-16H,3,10-12H2,1-2H3,(H,20,21)/t15-,16-/m1/s1. The summed E-state index contributed by atoms with van der Waals surface area (Å²) in [5.41, 5.74) is 0.936. The highest BCUT2D eigenvalue weighted by Gasteiger charge is 2.29. The van der Waals surface area contributed by atoms with Crippen LogP contribution in [0.5, 0.6) is 5.75 Å². The van der Waals surface area contributed by atoms with Gasteiger partial charge in [0.2, 0.25) is 5.91 Å². The Bertz CT molecular complexity index is 694. The lowest BCUT2D eigenvalue weighted by molar-refractivity contribution is -0.124. The minimum Gasteiger partial charge on any atom is -0.493 e. The molecule has 0 fully saturated rings. The third kappa shape index (κ3) is 3.46. The molecular formula is C19H23NO4. The lowest BCUT2D eigenvalue weighted by atomic mass is 9.92. The van der Waals surface area contributed by atoms with Crippen molar-refractivity contribution in [3.63, 3.8) is 0 Å². The Morgan fingerprint density at radius 3 is 2.92 bits per heavy atom. The molecule has 5 heteroatoms. The molecule has 1 N–H and O–H groups in total. The van der Waals surface area contributed by atoms with Crippen molar-refractivity contribution in [3.05, 3.63) is 53.5 Å². The Morgan fingerprint density at radius 2 is 2.17 bits per heavy atom. The van der Waals surface area contributed by atoms with Crippen LogP contribution in [0.25, 0.3) is 0 Å². The van der Waals surface area contributed by atoms with Gasteiger partial charge in [-0.25, -0.2) is 0 Å². The highest BCUT2D eigenvalue weighted by atomic mass is 16.5. The predicted molar refractivity (Wildman–Crippen MR) is 90.1 cm³/mol. The van der Waals surface area contributed by atoms with Crippen LogP contribution in [-0.4, -0.2) is 26.2 Å². The highest BCUT2D eigenvalue weighted by molar-refractivity contribution is 5.85. The molecule has 1 aliphatic rings. The van der Waals surface area contributed by atoms with E-state index >= 15 is 0 Å². The summed E-state index contributed by atoms with van der Waals surface area (Å²) in [4.78, 5) is 12.8. The van der Waals surface area contributed by atoms with Gasteiger partial charge in [0, 0.05) is 19.1 Å². The van der Waals surface area contributed by atoms with Crippen LogP contribution in [0.2, 0.25) is 0 Å². The fourth-order valence-corrected chi connectivity index (χ4v) is 3.02. The lowest BCUT2D eigenvalue weighted by Crippen LogP contribution is -2.36. The molecule has 0 bridgehead atoms. The van der Waals surface area contributed by atoms with Crippen LogP contribution in [0.4, 0.5) is 0 Å². The average molecular weight is 329 g/mol. The van der Waals surface area contributed by atoms with E-state index in [0.29, 0.717) is 19.6 Å². The summed E-state index contributed by atoms with van der Waals surface area (Å²) < 4.78 is 16.7. The van der Waals surface area contributed by atoms with Crippen molar-refractivity contribution < 1.29 is 18.7 Å². The molecule has 5 nitrogen and oxygen atoms in total. The zero-order chi connectivity index (χ0) is 16.9. The van der Waals surface area contributed by atoms with Gasteiger partial charge in [-0.1, -0.05) is 25.1 Å². The molecule has 24 heavy (non-hydrogen) atoms. The Hall–Kier alpha value is -2.27. The van der Waals surface area contributed by atoms with Gasteiger partial charge >= 0.3 is 0 Å². The number of amides is 1. The quantitative estimate of drug-likeness (QED) is 0.884. The molecule has 1 aromatic heterocycles. The van der Waals surface area contributed by atoms with E-state index in [1.807, 2.05) is 43.3 Å². The van der Waals surface area contributed by atoms with Crippen molar-refractivity contribution >= 4 is 5.91 Å². The molecule has 128 valence electrons. The van der Waals surface area contributed by atoms with Crippen LogP contribution >= 0.6 is 0 Å². The van der Waals surface area contributed by atoms with Crippen LogP contribution in [-0.2, 0) is 16.0 Å². The largest absolute Gasteiger partial charge is 0.493 e. The number of hydrogen-bond acceptors (Lipinski definition) is 4. The first-order chi connectivity index (χ1) is 11.7. The van der Waals surface area contributed by atoms with Gasteiger partial charge in [-0.2, -0.15) is 0 Å². The van der Waals surface area contributed by atoms with Crippen molar-refractivity contribution in [1.82, 2.24) is 5.32 Å². The second-order valence-corrected chi connectivity index (χ2v) is 5.90. The van der Waals surface area contributed by atoms with Gasteiger partial charge in [-0.3, -0.25) is 4.79 Å². The van der Waals surface area contributed by atoms with Gasteiger partial charge in [-0.05, 0) is 24.6 Å². The molecule has 2 atom stereocenters. The van der Waals surface area contributed by atoms with Gasteiger partial charge in [0.1, 0.15) is 23.3 Å². The molecule has 3 rings (SSSR count). The number of fused-ring (bicyclic) bond motifs is 1. The number of methoxy groups -OCH3 is 1. The van der Waals surface area contributed by atoms with Crippen LogP contribution < -0.4 is 10.1 Å². The number of para-hydroxylation sites is 1. The Balaban J connectivity index is 1.77. The highest BCUT2D eigenvalue weighted by Crippen LogP contribution is 2.34. The fourth-order valence-electron chi connectivity index (χ4n) is 3.02. The summed E-state index contributed by atoms with van der Waals surface area (Å²) in [5.74, 6) is 2.18. The van der Waals surface area contributed by atoms with Crippen LogP contribution in [0.3, 0.4) is 0 Å². The number of aryl methyl sites for hydroxylation is 1. The molecule has 0 spiro atoms. The fraction of sp³-hybridized carbons (Fsp3) is 0.421. The summed E-state index contributed by atoms with van der Waals surface area (Å²) >= 11 is 0. The molecule has 0 saturated heterocycles. The summed E-state index contributed by atoms with van der Waals surface area (Å²) in [5, 5.41) is 3.07. The van der Waals surface area contributed by atoms with Gasteiger partial charge in [0.15, 0.2) is 0 Å². The van der Waals surface area contributed by atoms with Gasteiger partial charge in [-0.15, -0.1) is 0 Å². The first-order valence-electron chi connectivity index (χ1n) is 8.32. The number of ether oxygens (including phenoxy) is 2. The first kappa shape index (κ1) is 16.6. The van der Waals surface area contributed by atoms with E-state index in [0.717, 1.165) is 29.3 Å². The smallest absolute Gasteiger partial charge is 0.228 e. The predicted octanol–water partition coefficient (Wildman–Crippen LogP) is 3.21. The minimum atomic E-state index is -0.294. The van der Waals surface area contributed by atoms with E-state index in [1.165, 1.54) is 0 Å². The molecule has 0 aliphatic carbocycles. The third-order valence-electron chi connectivity index (χ3n) is 4.30. The molecular weight excluding hydrogens is 306 g/mol. The van der Waals surface area contributed by atoms with Crippen LogP contribution in [0, 0.1) is 0 Å². The summed E-state index contributed by atoms with van der Waals surface area (Å²) in [6.07, 6.45) is 1.49. The number of rotatable bonds is 6. The summed E-state index contributed by atoms with van der Waals surface area (Å²) in [6.45, 7) is 2.95. The lowest BCUT2D eigenvalue weighted by Gasteiger charge is -2.26. The monoisotopic (exact) mass is 329 g/mol. The van der Waals surface area contributed by atoms with E-state index in [4.69, 9.17) is 13.9 Å². The third-order valence-corrected chi connectivity index (χ3v) is 4.30. The van der Waals surface area contributed by atoms with Gasteiger partial charge in [0.25, 0.3) is 0 Å². The van der Waals surface area contributed by atoms with Crippen molar-refractivity contribution in [2.75, 3.05) is 20.3 Å². The average Bonchev–Trinajstić information content (AvgIpc) is 3.10. The maximum atomic E-state index is 12.8. The van der Waals surface area contributed by atoms with Crippen LogP contribution in [0.15, 0.2) is 40.8 Å². The Labute approximate surface area is 141 Å². The van der Waals surface area contributed by atoms with E-state index in [1.54, 1.807) is 7.11 Å². The summed E-state index contributed by atoms with van der Waals surface area (Å²) in [6, 6.07) is 11.3. The van der Waals surface area contributed by atoms with E-state index in [-0.39, 0.29) is 17.9 Å². The topological polar surface area (TPSA) is 60.7 Å². The molecule has 1 aromatic carbocycles. The molecule has 0 radical (unpaired) electrons. The zero-order valence-electron chi connectivity index (χ0n) is 14.1. The Kier molecular flexibility index (Phi) is 5.20. The van der Waals surface area contributed by atoms with Gasteiger partial charge < -0.3 is 19.2 Å². The molecule has 0 unspecified atom stereocenters.